The van der Waals surface area contributed by atoms with Gasteiger partial charge in [0.05, 0.1) is 17.4 Å². The Morgan fingerprint density at radius 3 is 2.61 bits per heavy atom. The van der Waals surface area contributed by atoms with Crippen LogP contribution in [0.2, 0.25) is 0 Å². The second-order valence-corrected chi connectivity index (χ2v) is 8.94. The fraction of sp³-hybridized carbons (Fsp3) is 0.458. The van der Waals surface area contributed by atoms with Crippen molar-refractivity contribution >= 4 is 5.69 Å². The predicted molar refractivity (Wildman–Crippen MR) is 120 cm³/mol. The van der Waals surface area contributed by atoms with Gasteiger partial charge in [-0.2, -0.15) is 5.10 Å². The van der Waals surface area contributed by atoms with Gasteiger partial charge >= 0.3 is 0 Å². The summed E-state index contributed by atoms with van der Waals surface area (Å²) in [5, 5.41) is 4.78. The number of hydrogen-bond acceptors (Lipinski definition) is 6. The van der Waals surface area contributed by atoms with Gasteiger partial charge in [-0.3, -0.25) is 0 Å². The SMILES string of the molecule is CN(C1CCC1)C1CCN(c2ccc(-n3cc4c(n3)-c3cccnc3OC4)nc2)CC1. The minimum atomic E-state index is 0.488. The van der Waals surface area contributed by atoms with Crippen molar-refractivity contribution in [3.63, 3.8) is 0 Å². The number of ether oxygens (including phenoxy) is 1. The quantitative estimate of drug-likeness (QED) is 0.647. The van der Waals surface area contributed by atoms with Crippen LogP contribution in [0.25, 0.3) is 17.1 Å². The van der Waals surface area contributed by atoms with E-state index in [4.69, 9.17) is 14.8 Å². The smallest absolute Gasteiger partial charge is 0.223 e. The van der Waals surface area contributed by atoms with Crippen LogP contribution in [0, 0.1) is 0 Å². The lowest BCUT2D eigenvalue weighted by Crippen LogP contribution is -2.49. The summed E-state index contributed by atoms with van der Waals surface area (Å²) in [5.74, 6) is 1.47. The van der Waals surface area contributed by atoms with Crippen LogP contribution in [0.4, 0.5) is 5.69 Å². The number of aromatic nitrogens is 4. The number of piperidine rings is 1. The largest absolute Gasteiger partial charge is 0.472 e. The monoisotopic (exact) mass is 416 g/mol. The molecule has 0 atom stereocenters. The van der Waals surface area contributed by atoms with Gasteiger partial charge in [0.2, 0.25) is 5.88 Å². The molecule has 0 unspecified atom stereocenters. The van der Waals surface area contributed by atoms with E-state index in [0.717, 1.165) is 47.8 Å². The van der Waals surface area contributed by atoms with Gasteiger partial charge in [0.25, 0.3) is 0 Å². The molecule has 7 nitrogen and oxygen atoms in total. The van der Waals surface area contributed by atoms with E-state index < -0.39 is 0 Å². The van der Waals surface area contributed by atoms with Crippen molar-refractivity contribution in [3.05, 3.63) is 48.4 Å². The molecule has 1 saturated carbocycles. The molecule has 1 saturated heterocycles. The van der Waals surface area contributed by atoms with E-state index in [9.17, 15) is 0 Å². The molecule has 0 N–H and O–H groups in total. The Bertz CT molecular complexity index is 1070. The van der Waals surface area contributed by atoms with Crippen LogP contribution >= 0.6 is 0 Å². The Labute approximate surface area is 182 Å². The summed E-state index contributed by atoms with van der Waals surface area (Å²) < 4.78 is 7.60. The molecule has 2 aliphatic heterocycles. The average molecular weight is 417 g/mol. The molecule has 3 aromatic heterocycles. The molecule has 5 heterocycles. The second kappa shape index (κ2) is 7.64. The third-order valence-electron chi connectivity index (χ3n) is 7.20. The summed E-state index contributed by atoms with van der Waals surface area (Å²) in [6.45, 7) is 2.68. The van der Waals surface area contributed by atoms with Crippen LogP contribution < -0.4 is 9.64 Å². The second-order valence-electron chi connectivity index (χ2n) is 8.94. The third-order valence-corrected chi connectivity index (χ3v) is 7.20. The number of anilines is 1. The zero-order valence-electron chi connectivity index (χ0n) is 17.9. The molecule has 1 aliphatic carbocycles. The molecule has 2 fully saturated rings. The maximum absolute atomic E-state index is 5.75. The summed E-state index contributed by atoms with van der Waals surface area (Å²) in [4.78, 5) is 14.1. The van der Waals surface area contributed by atoms with Gasteiger partial charge in [-0.15, -0.1) is 0 Å². The molecule has 0 spiro atoms. The predicted octanol–water partition coefficient (Wildman–Crippen LogP) is 3.67. The highest BCUT2D eigenvalue weighted by atomic mass is 16.5. The lowest BCUT2D eigenvalue weighted by molar-refractivity contribution is 0.0953. The Balaban J connectivity index is 1.15. The Morgan fingerprint density at radius 2 is 1.87 bits per heavy atom. The van der Waals surface area contributed by atoms with E-state index in [0.29, 0.717) is 12.5 Å². The summed E-state index contributed by atoms with van der Waals surface area (Å²) >= 11 is 0. The maximum atomic E-state index is 5.75. The van der Waals surface area contributed by atoms with Crippen LogP contribution in [0.5, 0.6) is 5.88 Å². The van der Waals surface area contributed by atoms with Gasteiger partial charge in [0, 0.05) is 43.1 Å². The molecular formula is C24H28N6O. The van der Waals surface area contributed by atoms with E-state index in [1.165, 1.54) is 37.8 Å². The van der Waals surface area contributed by atoms with Gasteiger partial charge in [0.1, 0.15) is 12.3 Å². The molecule has 160 valence electrons. The van der Waals surface area contributed by atoms with E-state index in [2.05, 4.69) is 34.0 Å². The average Bonchev–Trinajstić information content (AvgIpc) is 3.23. The number of fused-ring (bicyclic) bond motifs is 3. The highest BCUT2D eigenvalue weighted by Gasteiger charge is 2.30. The van der Waals surface area contributed by atoms with Crippen LogP contribution in [-0.4, -0.2) is 56.9 Å². The first-order valence-corrected chi connectivity index (χ1v) is 11.4. The highest BCUT2D eigenvalue weighted by molar-refractivity contribution is 5.69. The lowest BCUT2D eigenvalue weighted by Gasteiger charge is -2.44. The Kier molecular flexibility index (Phi) is 4.64. The summed E-state index contributed by atoms with van der Waals surface area (Å²) in [7, 11) is 2.32. The minimum absolute atomic E-state index is 0.488. The topological polar surface area (TPSA) is 59.3 Å². The molecule has 7 heteroatoms. The van der Waals surface area contributed by atoms with Crippen molar-refractivity contribution in [2.75, 3.05) is 25.0 Å². The van der Waals surface area contributed by atoms with Gasteiger partial charge in [0.15, 0.2) is 5.82 Å². The fourth-order valence-electron chi connectivity index (χ4n) is 5.02. The molecule has 0 aromatic carbocycles. The van der Waals surface area contributed by atoms with Crippen LogP contribution in [-0.2, 0) is 6.61 Å². The Morgan fingerprint density at radius 1 is 1.03 bits per heavy atom. The van der Waals surface area contributed by atoms with Crippen molar-refractivity contribution < 1.29 is 4.74 Å². The maximum Gasteiger partial charge on any atom is 0.223 e. The van der Waals surface area contributed by atoms with Crippen LogP contribution in [0.1, 0.15) is 37.7 Å². The summed E-state index contributed by atoms with van der Waals surface area (Å²) in [6.07, 6.45) is 12.4. The molecular weight excluding hydrogens is 388 g/mol. The molecule has 31 heavy (non-hydrogen) atoms. The van der Waals surface area contributed by atoms with E-state index in [1.807, 2.05) is 29.2 Å². The molecule has 3 aromatic rings. The first-order chi connectivity index (χ1) is 15.3. The first-order valence-electron chi connectivity index (χ1n) is 11.4. The van der Waals surface area contributed by atoms with Crippen molar-refractivity contribution in [3.8, 4) is 23.0 Å². The third kappa shape index (κ3) is 3.37. The lowest BCUT2D eigenvalue weighted by atomic mass is 9.89. The zero-order valence-corrected chi connectivity index (χ0v) is 17.9. The number of nitrogens with zero attached hydrogens (tertiary/aromatic N) is 6. The first kappa shape index (κ1) is 18.8. The molecule has 0 bridgehead atoms. The van der Waals surface area contributed by atoms with Crippen molar-refractivity contribution in [2.45, 2.75) is 50.8 Å². The Hall–Kier alpha value is -2.93. The molecule has 6 rings (SSSR count). The minimum Gasteiger partial charge on any atom is -0.472 e. The highest BCUT2D eigenvalue weighted by Crippen LogP contribution is 2.35. The number of pyridine rings is 2. The normalized spacial score (nSPS) is 19.0. The molecule has 0 amide bonds. The van der Waals surface area contributed by atoms with Gasteiger partial charge in [-0.25, -0.2) is 14.6 Å². The fourth-order valence-corrected chi connectivity index (χ4v) is 5.02. The van der Waals surface area contributed by atoms with Crippen molar-refractivity contribution in [1.82, 2.24) is 24.6 Å². The molecule has 3 aliphatic rings. The van der Waals surface area contributed by atoms with Gasteiger partial charge in [-0.1, -0.05) is 6.42 Å². The van der Waals surface area contributed by atoms with E-state index >= 15 is 0 Å². The standard InChI is InChI=1S/C24H28N6O/c1-28(18-4-2-5-18)19-9-12-29(13-10-19)20-7-8-22(26-14-20)30-15-17-16-31-24-21(23(17)27-30)6-3-11-25-24/h3,6-8,11,14-15,18-19H,2,4-5,9-10,12-13,16H2,1H3. The van der Waals surface area contributed by atoms with Crippen molar-refractivity contribution in [1.29, 1.82) is 0 Å². The van der Waals surface area contributed by atoms with Gasteiger partial charge in [-0.05, 0) is 57.0 Å². The summed E-state index contributed by atoms with van der Waals surface area (Å²) in [6, 6.07) is 9.70. The van der Waals surface area contributed by atoms with Crippen LogP contribution in [0.15, 0.2) is 42.9 Å². The zero-order chi connectivity index (χ0) is 20.8. The number of hydrogen-bond donors (Lipinski definition) is 0. The molecule has 0 radical (unpaired) electrons. The van der Waals surface area contributed by atoms with E-state index in [-0.39, 0.29) is 0 Å². The van der Waals surface area contributed by atoms with Crippen molar-refractivity contribution in [2.24, 2.45) is 0 Å². The van der Waals surface area contributed by atoms with E-state index in [1.54, 1.807) is 6.20 Å². The summed E-state index contributed by atoms with van der Waals surface area (Å²) in [5.41, 5.74) is 4.12. The number of rotatable bonds is 4. The van der Waals surface area contributed by atoms with Gasteiger partial charge < -0.3 is 14.5 Å². The van der Waals surface area contributed by atoms with Crippen LogP contribution in [0.3, 0.4) is 0 Å².